The average molecular weight is 265 g/mol. The highest BCUT2D eigenvalue weighted by molar-refractivity contribution is 5.17. The van der Waals surface area contributed by atoms with Gasteiger partial charge in [0.05, 0.1) is 25.4 Å². The molecule has 1 aromatic rings. The van der Waals surface area contributed by atoms with E-state index in [-0.39, 0.29) is 30.8 Å². The summed E-state index contributed by atoms with van der Waals surface area (Å²) in [6.45, 7) is 5.52. The first-order valence-corrected chi connectivity index (χ1v) is 6.77. The summed E-state index contributed by atoms with van der Waals surface area (Å²) in [6.07, 6.45) is 3.46. The van der Waals surface area contributed by atoms with Crippen LogP contribution < -0.4 is 5.73 Å². The number of nitrogens with zero attached hydrogens (tertiary/aromatic N) is 2. The molecule has 0 bridgehead atoms. The van der Waals surface area contributed by atoms with Gasteiger partial charge >= 0.3 is 0 Å². The van der Waals surface area contributed by atoms with Gasteiger partial charge in [0, 0.05) is 31.0 Å². The first-order valence-electron chi connectivity index (χ1n) is 6.77. The van der Waals surface area contributed by atoms with Crippen molar-refractivity contribution >= 4 is 0 Å². The van der Waals surface area contributed by atoms with E-state index in [4.69, 9.17) is 10.5 Å². The molecule has 2 heterocycles. The lowest BCUT2D eigenvalue weighted by Gasteiger charge is -2.44. The number of rotatable bonds is 4. The topological polar surface area (TPSA) is 71.6 Å². The molecular formula is C14H23N3O2. The fraction of sp³-hybridized carbons (Fsp3) is 0.643. The molecule has 0 amide bonds. The molecule has 1 aliphatic rings. The molecule has 4 atom stereocenters. The van der Waals surface area contributed by atoms with Gasteiger partial charge in [0.2, 0.25) is 0 Å². The highest BCUT2D eigenvalue weighted by Crippen LogP contribution is 2.28. The Morgan fingerprint density at radius 3 is 2.79 bits per heavy atom. The zero-order valence-corrected chi connectivity index (χ0v) is 11.6. The van der Waals surface area contributed by atoms with Crippen LogP contribution in [0.15, 0.2) is 24.5 Å². The largest absolute Gasteiger partial charge is 0.394 e. The van der Waals surface area contributed by atoms with Crippen LogP contribution in [0.2, 0.25) is 0 Å². The predicted molar refractivity (Wildman–Crippen MR) is 73.6 cm³/mol. The Hall–Kier alpha value is -1.01. The molecule has 0 saturated carbocycles. The maximum Gasteiger partial charge on any atom is 0.0933 e. The van der Waals surface area contributed by atoms with Crippen LogP contribution in [0.4, 0.5) is 0 Å². The van der Waals surface area contributed by atoms with Gasteiger partial charge in [0.15, 0.2) is 0 Å². The van der Waals surface area contributed by atoms with Crippen LogP contribution in [0.3, 0.4) is 0 Å². The van der Waals surface area contributed by atoms with Gasteiger partial charge in [-0.15, -0.1) is 0 Å². The third-order valence-corrected chi connectivity index (χ3v) is 3.66. The van der Waals surface area contributed by atoms with Gasteiger partial charge in [-0.1, -0.05) is 0 Å². The predicted octanol–water partition coefficient (Wildman–Crippen LogP) is 0.551. The molecule has 19 heavy (non-hydrogen) atoms. The summed E-state index contributed by atoms with van der Waals surface area (Å²) >= 11 is 0. The molecule has 1 fully saturated rings. The molecule has 0 aliphatic carbocycles. The standard InChI is InChI=1S/C14H23N3O2/c1-10-9-19-13(8-18)7-17(10)14(11(2)15)12-3-5-16-6-4-12/h3-6,10-11,13-14,18H,7-9,15H2,1-2H3. The lowest BCUT2D eigenvalue weighted by atomic mass is 9.97. The third kappa shape index (κ3) is 3.30. The molecule has 0 radical (unpaired) electrons. The molecule has 4 unspecified atom stereocenters. The number of ether oxygens (including phenoxy) is 1. The van der Waals surface area contributed by atoms with Crippen LogP contribution in [-0.2, 0) is 4.74 Å². The lowest BCUT2D eigenvalue weighted by Crippen LogP contribution is -2.54. The summed E-state index contributed by atoms with van der Waals surface area (Å²) in [7, 11) is 0. The van der Waals surface area contributed by atoms with Crippen LogP contribution in [0.5, 0.6) is 0 Å². The maximum atomic E-state index is 9.29. The zero-order chi connectivity index (χ0) is 13.8. The fourth-order valence-corrected chi connectivity index (χ4v) is 2.69. The fourth-order valence-electron chi connectivity index (χ4n) is 2.69. The van der Waals surface area contributed by atoms with Crippen LogP contribution in [0, 0.1) is 0 Å². The Kier molecular flexibility index (Phi) is 4.87. The Balaban J connectivity index is 2.23. The van der Waals surface area contributed by atoms with Gasteiger partial charge in [-0.2, -0.15) is 0 Å². The van der Waals surface area contributed by atoms with Crippen molar-refractivity contribution in [3.63, 3.8) is 0 Å². The van der Waals surface area contributed by atoms with Gasteiger partial charge in [0.25, 0.3) is 0 Å². The highest BCUT2D eigenvalue weighted by atomic mass is 16.5. The number of hydrogen-bond acceptors (Lipinski definition) is 5. The summed E-state index contributed by atoms with van der Waals surface area (Å²) in [6, 6.07) is 4.42. The van der Waals surface area contributed by atoms with Crippen LogP contribution >= 0.6 is 0 Å². The molecule has 5 heteroatoms. The van der Waals surface area contributed by atoms with Gasteiger partial charge in [-0.3, -0.25) is 9.88 Å². The van der Waals surface area contributed by atoms with Crippen molar-refractivity contribution in [3.05, 3.63) is 30.1 Å². The number of nitrogens with two attached hydrogens (primary N) is 1. The number of aliphatic hydroxyl groups excluding tert-OH is 1. The smallest absolute Gasteiger partial charge is 0.0933 e. The van der Waals surface area contributed by atoms with Crippen LogP contribution in [0.25, 0.3) is 0 Å². The van der Waals surface area contributed by atoms with Gasteiger partial charge in [0.1, 0.15) is 0 Å². The summed E-state index contributed by atoms with van der Waals surface area (Å²) in [5, 5.41) is 9.29. The van der Waals surface area contributed by atoms with Crippen molar-refractivity contribution in [2.45, 2.75) is 38.1 Å². The molecule has 2 rings (SSSR count). The van der Waals surface area contributed by atoms with E-state index in [9.17, 15) is 5.11 Å². The van der Waals surface area contributed by atoms with Crippen molar-refractivity contribution in [1.82, 2.24) is 9.88 Å². The number of aliphatic hydroxyl groups is 1. The van der Waals surface area contributed by atoms with Gasteiger partial charge < -0.3 is 15.6 Å². The lowest BCUT2D eigenvalue weighted by molar-refractivity contribution is -0.0941. The SMILES string of the molecule is CC(N)C(c1ccncc1)N1CC(CO)OCC1C. The molecular weight excluding hydrogens is 242 g/mol. The van der Waals surface area contributed by atoms with E-state index in [0.717, 1.165) is 5.56 Å². The monoisotopic (exact) mass is 265 g/mol. The Bertz CT molecular complexity index is 386. The zero-order valence-electron chi connectivity index (χ0n) is 11.6. The van der Waals surface area contributed by atoms with Crippen molar-refractivity contribution in [2.24, 2.45) is 5.73 Å². The van der Waals surface area contributed by atoms with E-state index >= 15 is 0 Å². The maximum absolute atomic E-state index is 9.29. The molecule has 5 nitrogen and oxygen atoms in total. The van der Waals surface area contributed by atoms with E-state index < -0.39 is 0 Å². The van der Waals surface area contributed by atoms with Crippen molar-refractivity contribution in [2.75, 3.05) is 19.8 Å². The molecule has 0 aromatic carbocycles. The molecule has 1 aromatic heterocycles. The van der Waals surface area contributed by atoms with Crippen molar-refractivity contribution in [3.8, 4) is 0 Å². The van der Waals surface area contributed by atoms with E-state index in [1.165, 1.54) is 0 Å². The van der Waals surface area contributed by atoms with E-state index in [0.29, 0.717) is 13.2 Å². The van der Waals surface area contributed by atoms with E-state index in [1.54, 1.807) is 12.4 Å². The van der Waals surface area contributed by atoms with E-state index in [1.807, 2.05) is 19.1 Å². The Morgan fingerprint density at radius 2 is 2.21 bits per heavy atom. The van der Waals surface area contributed by atoms with Crippen molar-refractivity contribution in [1.29, 1.82) is 0 Å². The van der Waals surface area contributed by atoms with Gasteiger partial charge in [-0.05, 0) is 31.5 Å². The quantitative estimate of drug-likeness (QED) is 0.832. The second kappa shape index (κ2) is 6.43. The highest BCUT2D eigenvalue weighted by Gasteiger charge is 2.33. The second-order valence-corrected chi connectivity index (χ2v) is 5.27. The van der Waals surface area contributed by atoms with Gasteiger partial charge in [-0.25, -0.2) is 0 Å². The summed E-state index contributed by atoms with van der Waals surface area (Å²) in [5.74, 6) is 0. The molecule has 1 saturated heterocycles. The third-order valence-electron chi connectivity index (χ3n) is 3.66. The molecule has 1 aliphatic heterocycles. The summed E-state index contributed by atoms with van der Waals surface area (Å²) < 4.78 is 5.59. The minimum absolute atomic E-state index is 0.00212. The number of morpholine rings is 1. The normalized spacial score (nSPS) is 28.0. The minimum atomic E-state index is -0.126. The molecule has 0 spiro atoms. The average Bonchev–Trinajstić information content (AvgIpc) is 2.42. The first kappa shape index (κ1) is 14.4. The second-order valence-electron chi connectivity index (χ2n) is 5.27. The minimum Gasteiger partial charge on any atom is -0.394 e. The van der Waals surface area contributed by atoms with Crippen molar-refractivity contribution < 1.29 is 9.84 Å². The summed E-state index contributed by atoms with van der Waals surface area (Å²) in [5.41, 5.74) is 7.35. The number of hydrogen-bond donors (Lipinski definition) is 2. The molecule has 106 valence electrons. The Morgan fingerprint density at radius 1 is 1.53 bits per heavy atom. The van der Waals surface area contributed by atoms with Crippen LogP contribution in [-0.4, -0.2) is 52.9 Å². The number of pyridine rings is 1. The first-order chi connectivity index (χ1) is 9.13. The summed E-state index contributed by atoms with van der Waals surface area (Å²) in [4.78, 5) is 6.38. The van der Waals surface area contributed by atoms with Crippen LogP contribution in [0.1, 0.15) is 25.5 Å². The van der Waals surface area contributed by atoms with E-state index in [2.05, 4.69) is 16.8 Å². The Labute approximate surface area is 114 Å². The number of aromatic nitrogens is 1. The molecule has 3 N–H and O–H groups in total.